The molecule has 0 radical (unpaired) electrons. The maximum absolute atomic E-state index is 11.7. The zero-order valence-electron chi connectivity index (χ0n) is 22.8. The van der Waals surface area contributed by atoms with Gasteiger partial charge in [-0.15, -0.1) is 0 Å². The van der Waals surface area contributed by atoms with Crippen molar-refractivity contribution < 1.29 is 29.4 Å². The molecule has 0 saturated heterocycles. The number of carboxylic acid groups (broad SMARTS) is 2. The fourth-order valence-electron chi connectivity index (χ4n) is 3.59. The summed E-state index contributed by atoms with van der Waals surface area (Å²) in [5, 5.41) is 23.1. The lowest BCUT2D eigenvalue weighted by Gasteiger charge is -2.05. The predicted octanol–water partition coefficient (Wildman–Crippen LogP) is 4.29. The van der Waals surface area contributed by atoms with E-state index in [2.05, 4.69) is 34.3 Å². The van der Waals surface area contributed by atoms with Gasteiger partial charge in [0.2, 0.25) is 0 Å². The molecule has 4 aromatic carbocycles. The van der Waals surface area contributed by atoms with Crippen molar-refractivity contribution in [2.75, 3.05) is 14.1 Å². The first-order valence-corrected chi connectivity index (χ1v) is 12.6. The number of carbonyl (C=O) groups excluding carboxylic acids is 2. The van der Waals surface area contributed by atoms with Crippen molar-refractivity contribution in [3.63, 3.8) is 0 Å². The zero-order chi connectivity index (χ0) is 30.5. The van der Waals surface area contributed by atoms with Crippen LogP contribution in [0.15, 0.2) is 97.1 Å². The molecule has 0 aromatic heterocycles. The van der Waals surface area contributed by atoms with Crippen molar-refractivity contribution >= 4 is 23.8 Å². The van der Waals surface area contributed by atoms with E-state index in [4.69, 9.17) is 5.11 Å². The van der Waals surface area contributed by atoms with Crippen LogP contribution in [0.4, 0.5) is 0 Å². The summed E-state index contributed by atoms with van der Waals surface area (Å²) < 4.78 is 0. The van der Waals surface area contributed by atoms with Gasteiger partial charge in [-0.05, 0) is 60.7 Å². The largest absolute Gasteiger partial charge is 0.478 e. The molecule has 0 aliphatic rings. The molecule has 0 saturated carbocycles. The Bertz CT molecular complexity index is 1740. The van der Waals surface area contributed by atoms with Gasteiger partial charge in [0.1, 0.15) is 0 Å². The van der Waals surface area contributed by atoms with Crippen LogP contribution in [0.25, 0.3) is 0 Å². The molecule has 0 aliphatic carbocycles. The van der Waals surface area contributed by atoms with Gasteiger partial charge in [-0.3, -0.25) is 9.59 Å². The molecule has 0 heterocycles. The summed E-state index contributed by atoms with van der Waals surface area (Å²) in [6.45, 7) is 0. The minimum atomic E-state index is -1.16. The number of rotatable bonds is 4. The Kier molecular flexibility index (Phi) is 10.8. The van der Waals surface area contributed by atoms with Crippen molar-refractivity contribution in [2.24, 2.45) is 0 Å². The summed E-state index contributed by atoms with van der Waals surface area (Å²) in [5.74, 6) is 8.55. The Balaban J connectivity index is 0.000000230. The van der Waals surface area contributed by atoms with Gasteiger partial charge in [-0.2, -0.15) is 0 Å². The van der Waals surface area contributed by atoms with Gasteiger partial charge in [0.25, 0.3) is 11.8 Å². The Hall–Kier alpha value is -6.12. The third-order valence-electron chi connectivity index (χ3n) is 5.69. The lowest BCUT2D eigenvalue weighted by atomic mass is 10.0. The van der Waals surface area contributed by atoms with Gasteiger partial charge < -0.3 is 20.8 Å². The average molecular weight is 559 g/mol. The molecular weight excluding hydrogens is 532 g/mol. The number of nitrogens with one attached hydrogen (secondary N) is 2. The maximum atomic E-state index is 11.7. The lowest BCUT2D eigenvalue weighted by Crippen LogP contribution is -2.21. The quantitative estimate of drug-likeness (QED) is 0.276. The van der Waals surface area contributed by atoms with E-state index in [9.17, 15) is 24.3 Å². The maximum Gasteiger partial charge on any atom is 0.336 e. The highest BCUT2D eigenvalue weighted by Gasteiger charge is 2.16. The summed E-state index contributed by atoms with van der Waals surface area (Å²) in [6.07, 6.45) is 0. The number of benzene rings is 4. The molecule has 4 rings (SSSR count). The van der Waals surface area contributed by atoms with Crippen molar-refractivity contribution in [1.29, 1.82) is 0 Å². The number of amides is 2. The molecule has 0 atom stereocenters. The van der Waals surface area contributed by atoms with E-state index in [-0.39, 0.29) is 22.3 Å². The van der Waals surface area contributed by atoms with Crippen molar-refractivity contribution in [2.45, 2.75) is 0 Å². The molecule has 208 valence electrons. The Morgan fingerprint density at radius 2 is 0.857 bits per heavy atom. The van der Waals surface area contributed by atoms with Gasteiger partial charge in [0, 0.05) is 36.3 Å². The summed E-state index contributed by atoms with van der Waals surface area (Å²) in [5.41, 5.74) is 2.94. The van der Waals surface area contributed by atoms with Crippen LogP contribution in [0.5, 0.6) is 0 Å². The highest BCUT2D eigenvalue weighted by molar-refractivity contribution is 6.05. The van der Waals surface area contributed by atoms with Crippen LogP contribution in [-0.2, 0) is 0 Å². The molecule has 0 bridgehead atoms. The predicted molar refractivity (Wildman–Crippen MR) is 158 cm³/mol. The minimum absolute atomic E-state index is 0.0420. The molecule has 2 amide bonds. The van der Waals surface area contributed by atoms with Crippen LogP contribution in [0, 0.1) is 23.7 Å². The second kappa shape index (κ2) is 14.9. The first kappa shape index (κ1) is 30.4. The van der Waals surface area contributed by atoms with E-state index >= 15 is 0 Å². The number of hydrogen-bond donors (Lipinski definition) is 4. The smallest absolute Gasteiger partial charge is 0.336 e. The van der Waals surface area contributed by atoms with Crippen molar-refractivity contribution in [1.82, 2.24) is 10.6 Å². The third kappa shape index (κ3) is 8.44. The van der Waals surface area contributed by atoms with E-state index in [1.807, 2.05) is 60.7 Å². The van der Waals surface area contributed by atoms with Gasteiger partial charge in [-0.1, -0.05) is 60.1 Å². The number of hydrogen-bond acceptors (Lipinski definition) is 4. The van der Waals surface area contributed by atoms with Crippen LogP contribution in [-0.4, -0.2) is 48.1 Å². The van der Waals surface area contributed by atoms with E-state index in [1.165, 1.54) is 38.4 Å². The average Bonchev–Trinajstić information content (AvgIpc) is 3.03. The number of carbonyl (C=O) groups is 4. The SMILES string of the molecule is CNC(=O)c1cc(C#Cc2ccccc2)ccc1C(=O)O.CNC(=O)c1ccc(C#Cc2ccccc2)cc1C(=O)O. The highest BCUT2D eigenvalue weighted by atomic mass is 16.4. The van der Waals surface area contributed by atoms with E-state index in [0.29, 0.717) is 11.1 Å². The standard InChI is InChI=1S/2C17H13NO3/c1-18-16(19)15-11-13(9-10-14(15)17(20)21)8-7-12-5-3-2-4-6-12;1-18-16(19)14-10-9-13(11-15(14)17(20)21)8-7-12-5-3-2-4-6-12/h2*2-6,9-11H,1H3,(H,18,19)(H,20,21). The topological polar surface area (TPSA) is 133 Å². The fourth-order valence-corrected chi connectivity index (χ4v) is 3.59. The van der Waals surface area contributed by atoms with Crippen molar-refractivity contribution in [3.8, 4) is 23.7 Å². The van der Waals surface area contributed by atoms with Gasteiger partial charge in [0.15, 0.2) is 0 Å². The minimum Gasteiger partial charge on any atom is -0.478 e. The molecule has 0 aliphatic heterocycles. The highest BCUT2D eigenvalue weighted by Crippen LogP contribution is 2.13. The molecule has 4 N–H and O–H groups in total. The molecule has 0 unspecified atom stereocenters. The summed E-state index contributed by atoms with van der Waals surface area (Å²) >= 11 is 0. The molecule has 42 heavy (non-hydrogen) atoms. The lowest BCUT2D eigenvalue weighted by molar-refractivity contribution is 0.0682. The van der Waals surface area contributed by atoms with Crippen LogP contribution in [0.3, 0.4) is 0 Å². The van der Waals surface area contributed by atoms with Crippen LogP contribution in [0.1, 0.15) is 63.7 Å². The molecule has 4 aromatic rings. The normalized spacial score (nSPS) is 9.38. The fraction of sp³-hybridized carbons (Fsp3) is 0.0588. The Labute approximate surface area is 243 Å². The van der Waals surface area contributed by atoms with E-state index in [1.54, 1.807) is 12.1 Å². The second-order valence-corrected chi connectivity index (χ2v) is 8.52. The second-order valence-electron chi connectivity index (χ2n) is 8.52. The van der Waals surface area contributed by atoms with E-state index < -0.39 is 23.8 Å². The molecular formula is C34H26N2O6. The Morgan fingerprint density at radius 3 is 1.29 bits per heavy atom. The molecule has 0 spiro atoms. The van der Waals surface area contributed by atoms with Gasteiger partial charge in [0.05, 0.1) is 22.3 Å². The van der Waals surface area contributed by atoms with E-state index in [0.717, 1.165) is 11.1 Å². The molecule has 8 nitrogen and oxygen atoms in total. The van der Waals surface area contributed by atoms with Crippen molar-refractivity contribution in [3.05, 3.63) is 142 Å². The number of aromatic carboxylic acids is 2. The van der Waals surface area contributed by atoms with Crippen LogP contribution < -0.4 is 10.6 Å². The first-order valence-electron chi connectivity index (χ1n) is 12.6. The monoisotopic (exact) mass is 558 g/mol. The van der Waals surface area contributed by atoms with Crippen LogP contribution >= 0.6 is 0 Å². The first-order chi connectivity index (χ1) is 20.2. The summed E-state index contributed by atoms with van der Waals surface area (Å²) in [6, 6.07) is 27.8. The third-order valence-corrected chi connectivity index (χ3v) is 5.69. The number of carboxylic acids is 2. The van der Waals surface area contributed by atoms with Gasteiger partial charge in [-0.25, -0.2) is 9.59 Å². The summed E-state index contributed by atoms with van der Waals surface area (Å²) in [7, 11) is 2.91. The molecule has 0 fully saturated rings. The van der Waals surface area contributed by atoms with Gasteiger partial charge >= 0.3 is 11.9 Å². The summed E-state index contributed by atoms with van der Waals surface area (Å²) in [4.78, 5) is 45.7. The van der Waals surface area contributed by atoms with Crippen LogP contribution in [0.2, 0.25) is 0 Å². The zero-order valence-corrected chi connectivity index (χ0v) is 22.8. The molecule has 8 heteroatoms. The Morgan fingerprint density at radius 1 is 0.476 bits per heavy atom.